The van der Waals surface area contributed by atoms with Crippen molar-refractivity contribution in [3.05, 3.63) is 59.7 Å². The fourth-order valence-corrected chi connectivity index (χ4v) is 5.34. The van der Waals surface area contributed by atoms with Crippen LogP contribution in [-0.2, 0) is 10.0 Å². The lowest BCUT2D eigenvalue weighted by Crippen LogP contribution is -2.38. The number of rotatable bonds is 7. The number of nitrogens with one attached hydrogen (secondary N) is 1. The van der Waals surface area contributed by atoms with Crippen molar-refractivity contribution in [1.82, 2.24) is 5.32 Å². The average Bonchev–Trinajstić information content (AvgIpc) is 2.72. The molecule has 6 nitrogen and oxygen atoms in total. The van der Waals surface area contributed by atoms with Gasteiger partial charge in [-0.15, -0.1) is 0 Å². The molecule has 162 valence electrons. The third kappa shape index (κ3) is 5.33. The van der Waals surface area contributed by atoms with E-state index in [9.17, 15) is 13.2 Å². The van der Waals surface area contributed by atoms with Crippen LogP contribution in [-0.4, -0.2) is 33.7 Å². The van der Waals surface area contributed by atoms with Gasteiger partial charge >= 0.3 is 0 Å². The SMILES string of the molecule is COc1ccc([C@H](CC(C)C)NC(=O)c2cccc(N3CCCCS3(=O)=O)c2)cc1. The summed E-state index contributed by atoms with van der Waals surface area (Å²) in [4.78, 5) is 13.0. The van der Waals surface area contributed by atoms with Crippen LogP contribution in [0.1, 0.15) is 55.1 Å². The molecule has 1 aliphatic heterocycles. The van der Waals surface area contributed by atoms with Crippen LogP contribution >= 0.6 is 0 Å². The minimum Gasteiger partial charge on any atom is -0.497 e. The second kappa shape index (κ2) is 9.51. The molecule has 2 aromatic carbocycles. The van der Waals surface area contributed by atoms with Gasteiger partial charge in [0, 0.05) is 12.1 Å². The third-order valence-electron chi connectivity index (χ3n) is 5.28. The molecule has 1 N–H and O–H groups in total. The maximum atomic E-state index is 13.0. The van der Waals surface area contributed by atoms with E-state index in [1.54, 1.807) is 31.4 Å². The van der Waals surface area contributed by atoms with Gasteiger partial charge in [-0.05, 0) is 61.1 Å². The molecule has 1 atom stereocenters. The van der Waals surface area contributed by atoms with Gasteiger partial charge in [-0.2, -0.15) is 0 Å². The van der Waals surface area contributed by atoms with Crippen molar-refractivity contribution in [3.63, 3.8) is 0 Å². The predicted molar refractivity (Wildman–Crippen MR) is 119 cm³/mol. The van der Waals surface area contributed by atoms with E-state index in [0.29, 0.717) is 30.1 Å². The molecule has 0 unspecified atom stereocenters. The highest BCUT2D eigenvalue weighted by Gasteiger charge is 2.26. The van der Waals surface area contributed by atoms with E-state index in [1.165, 1.54) is 4.31 Å². The van der Waals surface area contributed by atoms with E-state index in [0.717, 1.165) is 24.2 Å². The number of anilines is 1. The van der Waals surface area contributed by atoms with E-state index in [4.69, 9.17) is 4.74 Å². The monoisotopic (exact) mass is 430 g/mol. The largest absolute Gasteiger partial charge is 0.497 e. The molecule has 0 aromatic heterocycles. The van der Waals surface area contributed by atoms with Gasteiger partial charge in [0.05, 0.1) is 24.6 Å². The highest BCUT2D eigenvalue weighted by Crippen LogP contribution is 2.26. The Morgan fingerprint density at radius 3 is 2.50 bits per heavy atom. The Morgan fingerprint density at radius 2 is 1.87 bits per heavy atom. The summed E-state index contributed by atoms with van der Waals surface area (Å²) < 4.78 is 31.5. The van der Waals surface area contributed by atoms with Crippen molar-refractivity contribution >= 4 is 21.6 Å². The number of benzene rings is 2. The first kappa shape index (κ1) is 22.2. The van der Waals surface area contributed by atoms with Gasteiger partial charge in [0.25, 0.3) is 5.91 Å². The summed E-state index contributed by atoms with van der Waals surface area (Å²) in [7, 11) is -1.69. The number of hydrogen-bond donors (Lipinski definition) is 1. The number of sulfonamides is 1. The molecule has 1 fully saturated rings. The standard InChI is InChI=1S/C23H30N2O4S/c1-17(2)15-22(18-9-11-21(29-3)12-10-18)24-23(26)19-7-6-8-20(16-19)25-13-4-5-14-30(25,27)28/h6-12,16-17,22H,4-5,13-15H2,1-3H3,(H,24,26)/t22-/m0/s1. The Bertz CT molecular complexity index is 971. The van der Waals surface area contributed by atoms with Crippen molar-refractivity contribution in [2.45, 2.75) is 39.2 Å². The van der Waals surface area contributed by atoms with Crippen molar-refractivity contribution in [3.8, 4) is 5.75 Å². The van der Waals surface area contributed by atoms with Gasteiger partial charge in [0.15, 0.2) is 0 Å². The van der Waals surface area contributed by atoms with Gasteiger partial charge in [-0.25, -0.2) is 8.42 Å². The number of carbonyl (C=O) groups excluding carboxylic acids is 1. The molecular formula is C23H30N2O4S. The molecule has 2 aromatic rings. The Morgan fingerprint density at radius 1 is 1.13 bits per heavy atom. The van der Waals surface area contributed by atoms with Crippen LogP contribution in [0.2, 0.25) is 0 Å². The molecule has 0 bridgehead atoms. The maximum absolute atomic E-state index is 13.0. The lowest BCUT2D eigenvalue weighted by molar-refractivity contribution is 0.0932. The topological polar surface area (TPSA) is 75.7 Å². The van der Waals surface area contributed by atoms with Crippen LogP contribution in [0.5, 0.6) is 5.75 Å². The normalized spacial score (nSPS) is 16.9. The average molecular weight is 431 g/mol. The van der Waals surface area contributed by atoms with Crippen LogP contribution in [0, 0.1) is 5.92 Å². The lowest BCUT2D eigenvalue weighted by Gasteiger charge is -2.28. The first-order chi connectivity index (χ1) is 14.3. The van der Waals surface area contributed by atoms with Crippen LogP contribution in [0.25, 0.3) is 0 Å². The fraction of sp³-hybridized carbons (Fsp3) is 0.435. The van der Waals surface area contributed by atoms with Crippen LogP contribution < -0.4 is 14.4 Å². The number of carbonyl (C=O) groups is 1. The third-order valence-corrected chi connectivity index (χ3v) is 7.15. The molecule has 30 heavy (non-hydrogen) atoms. The van der Waals surface area contributed by atoms with Crippen LogP contribution in [0.3, 0.4) is 0 Å². The van der Waals surface area contributed by atoms with E-state index in [2.05, 4.69) is 19.2 Å². The van der Waals surface area contributed by atoms with Crippen LogP contribution in [0.15, 0.2) is 48.5 Å². The molecule has 0 aliphatic carbocycles. The minimum atomic E-state index is -3.32. The number of hydrogen-bond acceptors (Lipinski definition) is 4. The van der Waals surface area contributed by atoms with Crippen molar-refractivity contribution in [2.24, 2.45) is 5.92 Å². The van der Waals surface area contributed by atoms with E-state index in [1.807, 2.05) is 24.3 Å². The number of ether oxygens (including phenoxy) is 1. The summed E-state index contributed by atoms with van der Waals surface area (Å²) >= 11 is 0. The zero-order valence-corrected chi connectivity index (χ0v) is 18.6. The van der Waals surface area contributed by atoms with E-state index in [-0.39, 0.29) is 17.7 Å². The molecule has 1 saturated heterocycles. The number of methoxy groups -OCH3 is 1. The molecule has 0 saturated carbocycles. The summed E-state index contributed by atoms with van der Waals surface area (Å²) in [6.45, 7) is 4.68. The van der Waals surface area contributed by atoms with Crippen molar-refractivity contribution in [2.75, 3.05) is 23.7 Å². The first-order valence-corrected chi connectivity index (χ1v) is 12.0. The van der Waals surface area contributed by atoms with Gasteiger partial charge in [-0.1, -0.05) is 32.0 Å². The Kier molecular flexibility index (Phi) is 7.02. The summed E-state index contributed by atoms with van der Waals surface area (Å²) in [5, 5.41) is 3.12. The predicted octanol–water partition coefficient (Wildman–Crippen LogP) is 4.14. The molecule has 7 heteroatoms. The molecule has 3 rings (SSSR count). The Hall–Kier alpha value is -2.54. The minimum absolute atomic E-state index is 0.147. The smallest absolute Gasteiger partial charge is 0.251 e. The maximum Gasteiger partial charge on any atom is 0.251 e. The molecular weight excluding hydrogens is 400 g/mol. The fourth-order valence-electron chi connectivity index (χ4n) is 3.71. The molecule has 1 amide bonds. The molecule has 0 spiro atoms. The first-order valence-electron chi connectivity index (χ1n) is 10.4. The molecule has 1 aliphatic rings. The van der Waals surface area contributed by atoms with Crippen molar-refractivity contribution in [1.29, 1.82) is 0 Å². The van der Waals surface area contributed by atoms with E-state index >= 15 is 0 Å². The highest BCUT2D eigenvalue weighted by atomic mass is 32.2. The second-order valence-electron chi connectivity index (χ2n) is 8.07. The summed E-state index contributed by atoms with van der Waals surface area (Å²) in [5.41, 5.74) is 2.01. The molecule has 0 radical (unpaired) electrons. The second-order valence-corrected chi connectivity index (χ2v) is 10.1. The number of nitrogens with zero attached hydrogens (tertiary/aromatic N) is 1. The Balaban J connectivity index is 1.81. The van der Waals surface area contributed by atoms with Crippen molar-refractivity contribution < 1.29 is 17.9 Å². The Labute approximate surface area is 179 Å². The van der Waals surface area contributed by atoms with Gasteiger partial charge < -0.3 is 10.1 Å². The highest BCUT2D eigenvalue weighted by molar-refractivity contribution is 7.92. The zero-order valence-electron chi connectivity index (χ0n) is 17.8. The van der Waals surface area contributed by atoms with Crippen LogP contribution in [0.4, 0.5) is 5.69 Å². The lowest BCUT2D eigenvalue weighted by atomic mass is 9.96. The quantitative estimate of drug-likeness (QED) is 0.716. The van der Waals surface area contributed by atoms with Gasteiger partial charge in [0.1, 0.15) is 5.75 Å². The van der Waals surface area contributed by atoms with Gasteiger partial charge in [0.2, 0.25) is 10.0 Å². The van der Waals surface area contributed by atoms with Gasteiger partial charge in [-0.3, -0.25) is 9.10 Å². The van der Waals surface area contributed by atoms with E-state index < -0.39 is 10.0 Å². The summed E-state index contributed by atoms with van der Waals surface area (Å²) in [6.07, 6.45) is 2.29. The summed E-state index contributed by atoms with van der Waals surface area (Å²) in [5.74, 6) is 1.09. The summed E-state index contributed by atoms with van der Waals surface area (Å²) in [6, 6.07) is 14.4. The molecule has 1 heterocycles. The zero-order chi connectivity index (χ0) is 21.7. The number of amides is 1.